The van der Waals surface area contributed by atoms with Crippen LogP contribution in [0.15, 0.2) is 72.8 Å². The van der Waals surface area contributed by atoms with Crippen LogP contribution in [0.2, 0.25) is 0 Å². The van der Waals surface area contributed by atoms with Crippen molar-refractivity contribution in [3.8, 4) is 11.5 Å². The molecule has 0 unspecified atom stereocenters. The van der Waals surface area contributed by atoms with E-state index >= 15 is 0 Å². The summed E-state index contributed by atoms with van der Waals surface area (Å²) >= 11 is 0. The van der Waals surface area contributed by atoms with Gasteiger partial charge in [-0.15, -0.1) is 0 Å². The molecule has 1 aliphatic heterocycles. The van der Waals surface area contributed by atoms with E-state index in [1.807, 2.05) is 49.4 Å². The second-order valence-corrected chi connectivity index (χ2v) is 7.00. The second-order valence-electron chi connectivity index (χ2n) is 7.00. The Morgan fingerprint density at radius 1 is 1.07 bits per heavy atom. The first-order valence-corrected chi connectivity index (χ1v) is 9.73. The van der Waals surface area contributed by atoms with Crippen molar-refractivity contribution in [1.29, 1.82) is 0 Å². The molecular weight excluding hydrogens is 380 g/mol. The van der Waals surface area contributed by atoms with Crippen LogP contribution in [0.1, 0.15) is 15.9 Å². The van der Waals surface area contributed by atoms with Crippen molar-refractivity contribution in [1.82, 2.24) is 0 Å². The monoisotopic (exact) mass is 402 g/mol. The molecule has 3 aromatic rings. The molecule has 0 saturated heterocycles. The van der Waals surface area contributed by atoms with Crippen LogP contribution >= 0.6 is 0 Å². The lowest BCUT2D eigenvalue weighted by Crippen LogP contribution is -2.41. The first-order valence-electron chi connectivity index (χ1n) is 9.73. The third-order valence-corrected chi connectivity index (χ3v) is 4.80. The number of aryl methyl sites for hydroxylation is 1. The smallest absolute Gasteiger partial charge is 0.265 e. The van der Waals surface area contributed by atoms with Crippen LogP contribution in [-0.4, -0.2) is 31.6 Å². The summed E-state index contributed by atoms with van der Waals surface area (Å²) in [5.74, 6) is 0.981. The van der Waals surface area contributed by atoms with Crippen molar-refractivity contribution >= 4 is 23.2 Å². The number of hydrogen-bond acceptors (Lipinski definition) is 4. The first-order chi connectivity index (χ1) is 14.6. The van der Waals surface area contributed by atoms with E-state index in [1.54, 1.807) is 35.2 Å². The van der Waals surface area contributed by atoms with Gasteiger partial charge in [0.05, 0.1) is 12.2 Å². The molecule has 0 bridgehead atoms. The molecule has 0 fully saturated rings. The molecule has 0 spiro atoms. The maximum atomic E-state index is 12.5. The minimum absolute atomic E-state index is 0.0479. The molecule has 0 aliphatic carbocycles. The fraction of sp³-hybridized carbons (Fsp3) is 0.167. The number of benzene rings is 3. The number of amides is 2. The highest BCUT2D eigenvalue weighted by Gasteiger charge is 2.25. The topological polar surface area (TPSA) is 67.9 Å². The Bertz CT molecular complexity index is 1050. The number of rotatable bonds is 6. The van der Waals surface area contributed by atoms with Crippen LogP contribution in [0.25, 0.3) is 0 Å². The molecular formula is C24H22N2O4. The molecule has 30 heavy (non-hydrogen) atoms. The van der Waals surface area contributed by atoms with Crippen LogP contribution in [0, 0.1) is 6.92 Å². The van der Waals surface area contributed by atoms with E-state index in [0.717, 1.165) is 11.3 Å². The predicted octanol–water partition coefficient (Wildman–Crippen LogP) is 4.05. The molecule has 4 rings (SSSR count). The van der Waals surface area contributed by atoms with Crippen molar-refractivity contribution in [2.75, 3.05) is 30.0 Å². The third-order valence-electron chi connectivity index (χ3n) is 4.80. The minimum atomic E-state index is -0.199. The third kappa shape index (κ3) is 4.43. The van der Waals surface area contributed by atoms with Gasteiger partial charge >= 0.3 is 0 Å². The Morgan fingerprint density at radius 3 is 2.60 bits per heavy atom. The highest BCUT2D eigenvalue weighted by Crippen LogP contribution is 2.34. The summed E-state index contributed by atoms with van der Waals surface area (Å²) in [7, 11) is 0. The summed E-state index contributed by atoms with van der Waals surface area (Å²) in [5.41, 5.74) is 2.94. The van der Waals surface area contributed by atoms with Crippen molar-refractivity contribution < 1.29 is 19.1 Å². The summed E-state index contributed by atoms with van der Waals surface area (Å²) in [6.45, 7) is 2.69. The molecule has 1 heterocycles. The van der Waals surface area contributed by atoms with Gasteiger partial charge in [0.15, 0.2) is 6.61 Å². The van der Waals surface area contributed by atoms with Gasteiger partial charge in [-0.05, 0) is 43.3 Å². The van der Waals surface area contributed by atoms with Gasteiger partial charge in [-0.1, -0.05) is 35.9 Å². The predicted molar refractivity (Wildman–Crippen MR) is 115 cm³/mol. The van der Waals surface area contributed by atoms with Gasteiger partial charge in [0.2, 0.25) is 0 Å². The average Bonchev–Trinajstić information content (AvgIpc) is 2.76. The van der Waals surface area contributed by atoms with Gasteiger partial charge in [-0.3, -0.25) is 9.59 Å². The molecule has 0 saturated carbocycles. The summed E-state index contributed by atoms with van der Waals surface area (Å²) < 4.78 is 11.3. The Morgan fingerprint density at radius 2 is 1.83 bits per heavy atom. The first kappa shape index (κ1) is 19.5. The Hall–Kier alpha value is -3.80. The lowest BCUT2D eigenvalue weighted by atomic mass is 10.1. The van der Waals surface area contributed by atoms with E-state index in [0.29, 0.717) is 35.8 Å². The van der Waals surface area contributed by atoms with E-state index in [9.17, 15) is 9.59 Å². The number of fused-ring (bicyclic) bond motifs is 1. The van der Waals surface area contributed by atoms with Crippen LogP contribution in [0.3, 0.4) is 0 Å². The van der Waals surface area contributed by atoms with E-state index in [-0.39, 0.29) is 18.4 Å². The number of anilines is 2. The average molecular weight is 402 g/mol. The Balaban J connectivity index is 1.44. The van der Waals surface area contributed by atoms with Gasteiger partial charge in [-0.2, -0.15) is 0 Å². The molecule has 6 heteroatoms. The van der Waals surface area contributed by atoms with Crippen LogP contribution in [0.5, 0.6) is 11.5 Å². The van der Waals surface area contributed by atoms with E-state index in [1.165, 1.54) is 0 Å². The Labute approximate surface area is 175 Å². The number of carbonyl (C=O) groups is 2. The minimum Gasteiger partial charge on any atom is -0.492 e. The van der Waals surface area contributed by atoms with Gasteiger partial charge < -0.3 is 19.7 Å². The maximum absolute atomic E-state index is 12.5. The summed E-state index contributed by atoms with van der Waals surface area (Å²) in [4.78, 5) is 26.4. The molecule has 3 aromatic carbocycles. The van der Waals surface area contributed by atoms with Crippen molar-refractivity contribution in [2.45, 2.75) is 6.92 Å². The standard InChI is InChI=1S/C24H22N2O4/c1-17-7-9-18(10-8-17)24(28)25-19-11-12-21-22(15-19)30-16-23(27)26(21)13-14-29-20-5-3-2-4-6-20/h2-12,15H,13-14,16H2,1H3,(H,25,28). The zero-order valence-electron chi connectivity index (χ0n) is 16.6. The molecule has 2 amide bonds. The zero-order valence-corrected chi connectivity index (χ0v) is 16.6. The summed E-state index contributed by atoms with van der Waals surface area (Å²) in [5, 5.41) is 2.87. The molecule has 1 N–H and O–H groups in total. The van der Waals surface area contributed by atoms with Crippen molar-refractivity contribution in [2.24, 2.45) is 0 Å². The van der Waals surface area contributed by atoms with E-state index in [2.05, 4.69) is 5.32 Å². The summed E-state index contributed by atoms with van der Waals surface area (Å²) in [6.07, 6.45) is 0. The largest absolute Gasteiger partial charge is 0.492 e. The quantitative estimate of drug-likeness (QED) is 0.675. The normalized spacial score (nSPS) is 12.7. The van der Waals surface area contributed by atoms with E-state index < -0.39 is 0 Å². The summed E-state index contributed by atoms with van der Waals surface area (Å²) in [6, 6.07) is 22.1. The second kappa shape index (κ2) is 8.69. The van der Waals surface area contributed by atoms with Crippen LogP contribution in [0.4, 0.5) is 11.4 Å². The maximum Gasteiger partial charge on any atom is 0.265 e. The van der Waals surface area contributed by atoms with Gasteiger partial charge in [0.1, 0.15) is 18.1 Å². The zero-order chi connectivity index (χ0) is 20.9. The number of nitrogens with zero attached hydrogens (tertiary/aromatic N) is 1. The lowest BCUT2D eigenvalue weighted by Gasteiger charge is -2.29. The fourth-order valence-corrected chi connectivity index (χ4v) is 3.21. The molecule has 0 radical (unpaired) electrons. The molecule has 1 aliphatic rings. The number of hydrogen-bond donors (Lipinski definition) is 1. The van der Waals surface area contributed by atoms with Gasteiger partial charge in [0.25, 0.3) is 11.8 Å². The highest BCUT2D eigenvalue weighted by atomic mass is 16.5. The fourth-order valence-electron chi connectivity index (χ4n) is 3.21. The molecule has 152 valence electrons. The highest BCUT2D eigenvalue weighted by molar-refractivity contribution is 6.05. The number of ether oxygens (including phenoxy) is 2. The van der Waals surface area contributed by atoms with Gasteiger partial charge in [-0.25, -0.2) is 0 Å². The molecule has 0 aromatic heterocycles. The van der Waals surface area contributed by atoms with Crippen molar-refractivity contribution in [3.05, 3.63) is 83.9 Å². The molecule has 6 nitrogen and oxygen atoms in total. The number of carbonyl (C=O) groups excluding carboxylic acids is 2. The lowest BCUT2D eigenvalue weighted by molar-refractivity contribution is -0.121. The number of nitrogens with one attached hydrogen (secondary N) is 1. The van der Waals surface area contributed by atoms with E-state index in [4.69, 9.17) is 9.47 Å². The van der Waals surface area contributed by atoms with Crippen LogP contribution in [-0.2, 0) is 4.79 Å². The Kier molecular flexibility index (Phi) is 5.66. The number of para-hydroxylation sites is 1. The van der Waals surface area contributed by atoms with Gasteiger partial charge in [0, 0.05) is 17.3 Å². The van der Waals surface area contributed by atoms with Crippen molar-refractivity contribution in [3.63, 3.8) is 0 Å². The van der Waals surface area contributed by atoms with Crippen LogP contribution < -0.4 is 19.7 Å². The molecule has 0 atom stereocenters. The SMILES string of the molecule is Cc1ccc(C(=O)Nc2ccc3c(c2)OCC(=O)N3CCOc2ccccc2)cc1.